The van der Waals surface area contributed by atoms with Gasteiger partial charge in [0.1, 0.15) is 0 Å². The van der Waals surface area contributed by atoms with Gasteiger partial charge >= 0.3 is 0 Å². The monoisotopic (exact) mass is 251 g/mol. The van der Waals surface area contributed by atoms with Crippen LogP contribution >= 0.6 is 0 Å². The second kappa shape index (κ2) is 8.81. The standard InChI is InChI=1S/C15H25NO2/c1-4-5-6-7-11-18-15-13(12-16-2)9-8-10-14(15)17-3/h8-10,16H,4-7,11-12H2,1-3H3. The van der Waals surface area contributed by atoms with Gasteiger partial charge in [-0.1, -0.05) is 38.3 Å². The van der Waals surface area contributed by atoms with Crippen LogP contribution in [0.3, 0.4) is 0 Å². The lowest BCUT2D eigenvalue weighted by Crippen LogP contribution is -2.09. The number of hydrogen-bond donors (Lipinski definition) is 1. The molecule has 1 aromatic rings. The molecule has 3 heteroatoms. The highest BCUT2D eigenvalue weighted by molar-refractivity contribution is 5.46. The summed E-state index contributed by atoms with van der Waals surface area (Å²) in [6.07, 6.45) is 4.86. The summed E-state index contributed by atoms with van der Waals surface area (Å²) in [6, 6.07) is 6.01. The van der Waals surface area contributed by atoms with Crippen LogP contribution in [0, 0.1) is 0 Å². The van der Waals surface area contributed by atoms with E-state index in [4.69, 9.17) is 9.47 Å². The minimum atomic E-state index is 0.761. The van der Waals surface area contributed by atoms with Gasteiger partial charge in [-0.3, -0.25) is 0 Å². The molecule has 18 heavy (non-hydrogen) atoms. The average molecular weight is 251 g/mol. The zero-order valence-electron chi connectivity index (χ0n) is 11.8. The van der Waals surface area contributed by atoms with Crippen molar-refractivity contribution >= 4 is 0 Å². The van der Waals surface area contributed by atoms with Gasteiger partial charge in [0.15, 0.2) is 11.5 Å². The first kappa shape index (κ1) is 14.8. The first-order chi connectivity index (χ1) is 8.83. The molecule has 0 aromatic heterocycles. The van der Waals surface area contributed by atoms with Crippen molar-refractivity contribution < 1.29 is 9.47 Å². The van der Waals surface area contributed by atoms with Gasteiger partial charge in [0, 0.05) is 12.1 Å². The molecule has 0 saturated carbocycles. The van der Waals surface area contributed by atoms with Crippen molar-refractivity contribution in [2.75, 3.05) is 20.8 Å². The molecular formula is C15H25NO2. The number of methoxy groups -OCH3 is 1. The molecule has 0 spiro atoms. The molecule has 0 fully saturated rings. The number of benzene rings is 1. The maximum absolute atomic E-state index is 5.89. The Morgan fingerprint density at radius 2 is 2.00 bits per heavy atom. The molecule has 1 N–H and O–H groups in total. The lowest BCUT2D eigenvalue weighted by atomic mass is 10.2. The quantitative estimate of drug-likeness (QED) is 0.683. The van der Waals surface area contributed by atoms with Crippen LogP contribution in [0.4, 0.5) is 0 Å². The minimum absolute atomic E-state index is 0.761. The van der Waals surface area contributed by atoms with Crippen LogP contribution in [0.25, 0.3) is 0 Å². The molecule has 0 atom stereocenters. The molecule has 0 saturated heterocycles. The predicted octanol–water partition coefficient (Wildman–Crippen LogP) is 3.37. The highest BCUT2D eigenvalue weighted by Crippen LogP contribution is 2.31. The van der Waals surface area contributed by atoms with E-state index in [-0.39, 0.29) is 0 Å². The Bertz CT molecular complexity index is 339. The van der Waals surface area contributed by atoms with E-state index in [2.05, 4.69) is 18.3 Å². The third-order valence-corrected chi connectivity index (χ3v) is 2.89. The van der Waals surface area contributed by atoms with E-state index in [1.165, 1.54) is 19.3 Å². The van der Waals surface area contributed by atoms with Crippen molar-refractivity contribution in [2.45, 2.75) is 39.2 Å². The van der Waals surface area contributed by atoms with Crippen LogP contribution < -0.4 is 14.8 Å². The maximum atomic E-state index is 5.89. The van der Waals surface area contributed by atoms with E-state index >= 15 is 0 Å². The van der Waals surface area contributed by atoms with Crippen molar-refractivity contribution in [2.24, 2.45) is 0 Å². The van der Waals surface area contributed by atoms with Crippen LogP contribution in [0.1, 0.15) is 38.2 Å². The van der Waals surface area contributed by atoms with Gasteiger partial charge in [-0.15, -0.1) is 0 Å². The summed E-state index contributed by atoms with van der Waals surface area (Å²) in [5.74, 6) is 1.70. The third-order valence-electron chi connectivity index (χ3n) is 2.89. The predicted molar refractivity (Wildman–Crippen MR) is 75.4 cm³/mol. The van der Waals surface area contributed by atoms with Crippen LogP contribution in [0.5, 0.6) is 11.5 Å². The summed E-state index contributed by atoms with van der Waals surface area (Å²) in [4.78, 5) is 0. The molecule has 102 valence electrons. The molecule has 0 radical (unpaired) electrons. The van der Waals surface area contributed by atoms with Gasteiger partial charge in [-0.05, 0) is 19.5 Å². The number of nitrogens with one attached hydrogen (secondary N) is 1. The normalized spacial score (nSPS) is 10.4. The van der Waals surface area contributed by atoms with Gasteiger partial charge in [0.05, 0.1) is 13.7 Å². The molecule has 0 bridgehead atoms. The fraction of sp³-hybridized carbons (Fsp3) is 0.600. The summed E-state index contributed by atoms with van der Waals surface area (Å²) in [5, 5.41) is 3.15. The second-order valence-electron chi connectivity index (χ2n) is 4.39. The lowest BCUT2D eigenvalue weighted by molar-refractivity contribution is 0.282. The third kappa shape index (κ3) is 4.57. The highest BCUT2D eigenvalue weighted by Gasteiger charge is 2.09. The van der Waals surface area contributed by atoms with Crippen molar-refractivity contribution in [3.05, 3.63) is 23.8 Å². The Kier molecular flexibility index (Phi) is 7.26. The molecule has 0 aliphatic carbocycles. The summed E-state index contributed by atoms with van der Waals surface area (Å²) in [7, 11) is 3.62. The Morgan fingerprint density at radius 1 is 1.17 bits per heavy atom. The molecule has 0 amide bonds. The van der Waals surface area contributed by atoms with Crippen molar-refractivity contribution in [3.8, 4) is 11.5 Å². The zero-order chi connectivity index (χ0) is 13.2. The van der Waals surface area contributed by atoms with E-state index in [1.54, 1.807) is 7.11 Å². The average Bonchev–Trinajstić information content (AvgIpc) is 2.40. The second-order valence-corrected chi connectivity index (χ2v) is 4.39. The Labute approximate surface area is 110 Å². The van der Waals surface area contributed by atoms with Crippen LogP contribution in [0.15, 0.2) is 18.2 Å². The first-order valence-corrected chi connectivity index (χ1v) is 6.76. The van der Waals surface area contributed by atoms with Gasteiger partial charge in [0.25, 0.3) is 0 Å². The highest BCUT2D eigenvalue weighted by atomic mass is 16.5. The number of rotatable bonds is 9. The summed E-state index contributed by atoms with van der Waals surface area (Å²) < 4.78 is 11.3. The molecular weight excluding hydrogens is 226 g/mol. The van der Waals surface area contributed by atoms with E-state index in [0.717, 1.165) is 36.6 Å². The summed E-state index contributed by atoms with van der Waals surface area (Å²) in [5.41, 5.74) is 1.15. The molecule has 0 aliphatic heterocycles. The van der Waals surface area contributed by atoms with E-state index < -0.39 is 0 Å². The number of unbranched alkanes of at least 4 members (excludes halogenated alkanes) is 3. The molecule has 1 rings (SSSR count). The van der Waals surface area contributed by atoms with Crippen molar-refractivity contribution in [3.63, 3.8) is 0 Å². The SMILES string of the molecule is CCCCCCOc1c(CNC)cccc1OC. The van der Waals surface area contributed by atoms with Gasteiger partial charge in [0.2, 0.25) is 0 Å². The molecule has 1 aromatic carbocycles. The molecule has 3 nitrogen and oxygen atoms in total. The molecule has 0 heterocycles. The zero-order valence-corrected chi connectivity index (χ0v) is 11.8. The molecule has 0 unspecified atom stereocenters. The Hall–Kier alpha value is -1.22. The van der Waals surface area contributed by atoms with E-state index in [9.17, 15) is 0 Å². The number of para-hydroxylation sites is 1. The topological polar surface area (TPSA) is 30.5 Å². The van der Waals surface area contributed by atoms with Gasteiger partial charge < -0.3 is 14.8 Å². The van der Waals surface area contributed by atoms with E-state index in [1.807, 2.05) is 19.2 Å². The Balaban J connectivity index is 2.60. The smallest absolute Gasteiger partial charge is 0.165 e. The van der Waals surface area contributed by atoms with Gasteiger partial charge in [-0.25, -0.2) is 0 Å². The van der Waals surface area contributed by atoms with Crippen molar-refractivity contribution in [1.29, 1.82) is 0 Å². The van der Waals surface area contributed by atoms with Crippen molar-refractivity contribution in [1.82, 2.24) is 5.32 Å². The van der Waals surface area contributed by atoms with Crippen LogP contribution in [-0.4, -0.2) is 20.8 Å². The maximum Gasteiger partial charge on any atom is 0.165 e. The summed E-state index contributed by atoms with van der Waals surface area (Å²) in [6.45, 7) is 3.77. The number of ether oxygens (including phenoxy) is 2. The fourth-order valence-corrected chi connectivity index (χ4v) is 1.92. The lowest BCUT2D eigenvalue weighted by Gasteiger charge is -2.14. The number of hydrogen-bond acceptors (Lipinski definition) is 3. The largest absolute Gasteiger partial charge is 0.493 e. The first-order valence-electron chi connectivity index (χ1n) is 6.76. The molecule has 0 aliphatic rings. The van der Waals surface area contributed by atoms with E-state index in [0.29, 0.717) is 0 Å². The van der Waals surface area contributed by atoms with Gasteiger partial charge in [-0.2, -0.15) is 0 Å². The van der Waals surface area contributed by atoms with Crippen LogP contribution in [0.2, 0.25) is 0 Å². The fourth-order valence-electron chi connectivity index (χ4n) is 1.92. The summed E-state index contributed by atoms with van der Waals surface area (Å²) >= 11 is 0. The Morgan fingerprint density at radius 3 is 2.67 bits per heavy atom. The van der Waals surface area contributed by atoms with Crippen LogP contribution in [-0.2, 0) is 6.54 Å². The minimum Gasteiger partial charge on any atom is -0.493 e.